The molecule has 2 aromatic heterocycles. The molecule has 0 saturated heterocycles. The Hall–Kier alpha value is -1.92. The van der Waals surface area contributed by atoms with Crippen molar-refractivity contribution in [2.75, 3.05) is 5.73 Å². The number of aromatic nitrogens is 5. The molecule has 0 fully saturated rings. The average Bonchev–Trinajstić information content (AvgIpc) is 2.64. The average molecular weight is 168 g/mol. The molecule has 4 N–H and O–H groups in total. The second-order valence-electron chi connectivity index (χ2n) is 2.15. The van der Waals surface area contributed by atoms with Crippen LogP contribution in [0.15, 0.2) is 6.20 Å². The Labute approximate surface area is 66.0 Å². The number of nitrogens with two attached hydrogens (primary N) is 1. The Morgan fingerprint density at radius 3 is 2.75 bits per heavy atom. The van der Waals surface area contributed by atoms with Gasteiger partial charge < -0.3 is 5.73 Å². The van der Waals surface area contributed by atoms with Gasteiger partial charge in [0, 0.05) is 0 Å². The van der Waals surface area contributed by atoms with E-state index in [1.165, 1.54) is 6.20 Å². The van der Waals surface area contributed by atoms with Gasteiger partial charge in [0.2, 0.25) is 0 Å². The van der Waals surface area contributed by atoms with Crippen LogP contribution in [0.3, 0.4) is 0 Å². The Balaban J connectivity index is 2.55. The number of rotatable bonds is 1. The molecule has 2 aromatic rings. The molecule has 0 spiro atoms. The zero-order chi connectivity index (χ0) is 8.55. The van der Waals surface area contributed by atoms with Crippen molar-refractivity contribution < 1.29 is 4.39 Å². The van der Waals surface area contributed by atoms with E-state index in [0.29, 0.717) is 5.69 Å². The first-order valence-electron chi connectivity index (χ1n) is 3.14. The molecule has 0 amide bonds. The van der Waals surface area contributed by atoms with E-state index in [1.807, 2.05) is 0 Å². The maximum Gasteiger partial charge on any atom is 0.194 e. The van der Waals surface area contributed by atoms with Crippen molar-refractivity contribution in [2.24, 2.45) is 0 Å². The van der Waals surface area contributed by atoms with Crippen LogP contribution < -0.4 is 5.73 Å². The molecular weight excluding hydrogens is 163 g/mol. The van der Waals surface area contributed by atoms with Crippen molar-refractivity contribution in [2.45, 2.75) is 0 Å². The lowest BCUT2D eigenvalue weighted by Gasteiger charge is -1.86. The number of hydrogen-bond donors (Lipinski definition) is 3. The van der Waals surface area contributed by atoms with Gasteiger partial charge in [-0.15, -0.1) is 0 Å². The molecular formula is C5H5FN6. The quantitative estimate of drug-likeness (QED) is 0.554. The predicted octanol–water partition coefficient (Wildman–Crippen LogP) is -0.0839. The van der Waals surface area contributed by atoms with Gasteiger partial charge in [0.15, 0.2) is 11.6 Å². The summed E-state index contributed by atoms with van der Waals surface area (Å²) in [7, 11) is 0. The summed E-state index contributed by atoms with van der Waals surface area (Å²) in [5.41, 5.74) is 5.66. The van der Waals surface area contributed by atoms with Crippen LogP contribution in [0, 0.1) is 5.82 Å². The highest BCUT2D eigenvalue weighted by Crippen LogP contribution is 2.19. The van der Waals surface area contributed by atoms with Gasteiger partial charge >= 0.3 is 0 Å². The molecule has 0 atom stereocenters. The molecule has 0 bridgehead atoms. The summed E-state index contributed by atoms with van der Waals surface area (Å²) in [6.07, 6.45) is 1.37. The summed E-state index contributed by atoms with van der Waals surface area (Å²) in [6.45, 7) is 0. The van der Waals surface area contributed by atoms with Crippen LogP contribution in [0.2, 0.25) is 0 Å². The third-order valence-electron chi connectivity index (χ3n) is 1.40. The minimum atomic E-state index is -0.608. The molecule has 0 aliphatic rings. The van der Waals surface area contributed by atoms with Crippen molar-refractivity contribution in [3.05, 3.63) is 12.0 Å². The number of aromatic amines is 2. The first-order valence-corrected chi connectivity index (χ1v) is 3.14. The van der Waals surface area contributed by atoms with E-state index in [2.05, 4.69) is 25.6 Å². The second-order valence-corrected chi connectivity index (χ2v) is 2.15. The number of halogens is 1. The van der Waals surface area contributed by atoms with Gasteiger partial charge in [0.1, 0.15) is 11.4 Å². The molecule has 0 aliphatic heterocycles. The number of anilines is 1. The van der Waals surface area contributed by atoms with Crippen molar-refractivity contribution in [1.29, 1.82) is 0 Å². The first kappa shape index (κ1) is 6.77. The second kappa shape index (κ2) is 2.29. The number of H-pyrrole nitrogens is 2. The SMILES string of the molecule is Nc1n[nH]c(-c2cn[nH]n2)c1F. The number of nitrogens with one attached hydrogen (secondary N) is 2. The van der Waals surface area contributed by atoms with Crippen LogP contribution in [-0.2, 0) is 0 Å². The highest BCUT2D eigenvalue weighted by Gasteiger charge is 2.13. The Bertz CT molecular complexity index is 377. The van der Waals surface area contributed by atoms with E-state index < -0.39 is 5.82 Å². The highest BCUT2D eigenvalue weighted by molar-refractivity contribution is 5.57. The number of nitrogens with zero attached hydrogens (tertiary/aromatic N) is 3. The molecule has 2 heterocycles. The first-order chi connectivity index (χ1) is 5.79. The molecule has 62 valence electrons. The molecule has 0 aromatic carbocycles. The topological polar surface area (TPSA) is 96.3 Å². The van der Waals surface area contributed by atoms with Crippen LogP contribution in [0.1, 0.15) is 0 Å². The van der Waals surface area contributed by atoms with Gasteiger partial charge in [0.25, 0.3) is 0 Å². The smallest absolute Gasteiger partial charge is 0.194 e. The minimum Gasteiger partial charge on any atom is -0.380 e. The monoisotopic (exact) mass is 168 g/mol. The molecule has 0 saturated carbocycles. The lowest BCUT2D eigenvalue weighted by molar-refractivity contribution is 0.636. The van der Waals surface area contributed by atoms with Gasteiger partial charge in [-0.25, -0.2) is 4.39 Å². The third kappa shape index (κ3) is 0.831. The molecule has 6 nitrogen and oxygen atoms in total. The lowest BCUT2D eigenvalue weighted by Crippen LogP contribution is -1.87. The van der Waals surface area contributed by atoms with Crippen LogP contribution in [0.5, 0.6) is 0 Å². The van der Waals surface area contributed by atoms with Crippen LogP contribution >= 0.6 is 0 Å². The van der Waals surface area contributed by atoms with Gasteiger partial charge in [-0.2, -0.15) is 20.5 Å². The van der Waals surface area contributed by atoms with Crippen molar-refractivity contribution in [3.63, 3.8) is 0 Å². The zero-order valence-corrected chi connectivity index (χ0v) is 5.87. The maximum atomic E-state index is 13.0. The predicted molar refractivity (Wildman–Crippen MR) is 38.3 cm³/mol. The fraction of sp³-hybridized carbons (Fsp3) is 0. The summed E-state index contributed by atoms with van der Waals surface area (Å²) < 4.78 is 13.0. The molecule has 0 aliphatic carbocycles. The number of hydrogen-bond acceptors (Lipinski definition) is 4. The van der Waals surface area contributed by atoms with Crippen LogP contribution in [0.25, 0.3) is 11.4 Å². The van der Waals surface area contributed by atoms with Gasteiger partial charge in [0.05, 0.1) is 6.20 Å². The Morgan fingerprint density at radius 1 is 1.42 bits per heavy atom. The molecule has 12 heavy (non-hydrogen) atoms. The lowest BCUT2D eigenvalue weighted by atomic mass is 10.3. The van der Waals surface area contributed by atoms with Crippen LogP contribution in [0.4, 0.5) is 10.2 Å². The summed E-state index contributed by atoms with van der Waals surface area (Å²) in [5, 5.41) is 15.4. The summed E-state index contributed by atoms with van der Waals surface area (Å²) in [5.74, 6) is -0.781. The largest absolute Gasteiger partial charge is 0.380 e. The third-order valence-corrected chi connectivity index (χ3v) is 1.40. The van der Waals surface area contributed by atoms with Crippen molar-refractivity contribution >= 4 is 5.82 Å². The normalized spacial score (nSPS) is 10.4. The molecule has 7 heteroatoms. The van der Waals surface area contributed by atoms with E-state index >= 15 is 0 Å². The van der Waals surface area contributed by atoms with E-state index in [4.69, 9.17) is 5.73 Å². The standard InChI is InChI=1S/C5H5FN6/c6-3-4(10-11-5(3)7)2-1-8-12-9-2/h1H,(H3,7,10,11)(H,8,9,12). The van der Waals surface area contributed by atoms with E-state index in [0.717, 1.165) is 0 Å². The van der Waals surface area contributed by atoms with Gasteiger partial charge in [-0.05, 0) is 0 Å². The van der Waals surface area contributed by atoms with E-state index in [9.17, 15) is 4.39 Å². The minimum absolute atomic E-state index is 0.140. The molecule has 2 rings (SSSR count). The molecule has 0 radical (unpaired) electrons. The fourth-order valence-corrected chi connectivity index (χ4v) is 0.834. The van der Waals surface area contributed by atoms with Crippen LogP contribution in [-0.4, -0.2) is 25.6 Å². The number of nitrogen functional groups attached to an aromatic ring is 1. The Kier molecular flexibility index (Phi) is 1.29. The Morgan fingerprint density at radius 2 is 2.25 bits per heavy atom. The fourth-order valence-electron chi connectivity index (χ4n) is 0.834. The van der Waals surface area contributed by atoms with E-state index in [1.54, 1.807) is 0 Å². The summed E-state index contributed by atoms with van der Waals surface area (Å²) in [6, 6.07) is 0. The summed E-state index contributed by atoms with van der Waals surface area (Å²) >= 11 is 0. The summed E-state index contributed by atoms with van der Waals surface area (Å²) in [4.78, 5) is 0. The van der Waals surface area contributed by atoms with Gasteiger partial charge in [-0.1, -0.05) is 0 Å². The van der Waals surface area contributed by atoms with E-state index in [-0.39, 0.29) is 11.5 Å². The highest BCUT2D eigenvalue weighted by atomic mass is 19.1. The van der Waals surface area contributed by atoms with Gasteiger partial charge in [-0.3, -0.25) is 5.10 Å². The van der Waals surface area contributed by atoms with Crippen molar-refractivity contribution in [1.82, 2.24) is 25.6 Å². The maximum absolute atomic E-state index is 13.0. The van der Waals surface area contributed by atoms with Crippen molar-refractivity contribution in [3.8, 4) is 11.4 Å². The molecule has 0 unspecified atom stereocenters. The zero-order valence-electron chi connectivity index (χ0n) is 5.87.